The third-order valence-electron chi connectivity index (χ3n) is 2.33. The number of hydrogen-bond acceptors (Lipinski definition) is 4. The first-order valence-electron chi connectivity index (χ1n) is 5.73. The standard InChI is InChI=1S/C12H21NO3Si/c1-8-10(15-9(7-14)13-8)12(5,6)16-17-11(2,3)4/h7H,17H2,1-6H3. The molecule has 1 aromatic heterocycles. The first-order chi connectivity index (χ1) is 7.65. The Kier molecular flexibility index (Phi) is 3.94. The summed E-state index contributed by atoms with van der Waals surface area (Å²) in [6, 6.07) is 0. The van der Waals surface area contributed by atoms with Gasteiger partial charge in [-0.2, -0.15) is 0 Å². The second kappa shape index (κ2) is 4.74. The molecular weight excluding hydrogens is 234 g/mol. The van der Waals surface area contributed by atoms with Gasteiger partial charge in [0, 0.05) is 0 Å². The van der Waals surface area contributed by atoms with Gasteiger partial charge in [0.2, 0.25) is 6.29 Å². The first kappa shape index (κ1) is 14.1. The van der Waals surface area contributed by atoms with Crippen LogP contribution in [0.2, 0.25) is 5.04 Å². The van der Waals surface area contributed by atoms with Crippen molar-refractivity contribution in [2.24, 2.45) is 0 Å². The molecule has 0 saturated heterocycles. The lowest BCUT2D eigenvalue weighted by Crippen LogP contribution is -2.27. The maximum Gasteiger partial charge on any atom is 0.260 e. The molecule has 0 amide bonds. The lowest BCUT2D eigenvalue weighted by atomic mass is 10.1. The molecule has 0 unspecified atom stereocenters. The van der Waals surface area contributed by atoms with Crippen LogP contribution in [-0.2, 0) is 10.0 Å². The Balaban J connectivity index is 2.88. The zero-order valence-corrected chi connectivity index (χ0v) is 12.9. The Morgan fingerprint density at radius 1 is 1.29 bits per heavy atom. The summed E-state index contributed by atoms with van der Waals surface area (Å²) in [5.41, 5.74) is 0.206. The fourth-order valence-corrected chi connectivity index (χ4v) is 2.41. The van der Waals surface area contributed by atoms with Gasteiger partial charge in [-0.15, -0.1) is 0 Å². The minimum absolute atomic E-state index is 0.117. The molecule has 0 N–H and O–H groups in total. The molecule has 0 aliphatic carbocycles. The van der Waals surface area contributed by atoms with E-state index in [4.69, 9.17) is 8.84 Å². The number of carbonyl (C=O) groups is 1. The highest BCUT2D eigenvalue weighted by atomic mass is 28.2. The number of oxazole rings is 1. The van der Waals surface area contributed by atoms with Crippen LogP contribution in [0.1, 0.15) is 56.8 Å². The molecule has 1 heterocycles. The SMILES string of the molecule is Cc1nc(C=O)oc1C(C)(C)O[SiH2]C(C)(C)C. The second-order valence-electron chi connectivity index (χ2n) is 5.94. The van der Waals surface area contributed by atoms with E-state index >= 15 is 0 Å². The summed E-state index contributed by atoms with van der Waals surface area (Å²) in [6.45, 7) is 12.2. The van der Waals surface area contributed by atoms with Gasteiger partial charge in [0.15, 0.2) is 15.5 Å². The van der Waals surface area contributed by atoms with Crippen molar-refractivity contribution in [2.45, 2.75) is 52.2 Å². The lowest BCUT2D eigenvalue weighted by Gasteiger charge is -2.28. The number of hydrogen-bond donors (Lipinski definition) is 0. The monoisotopic (exact) mass is 255 g/mol. The molecule has 0 atom stereocenters. The zero-order chi connectivity index (χ0) is 13.3. The molecular formula is C12H21NO3Si. The fourth-order valence-electron chi connectivity index (χ4n) is 1.49. The summed E-state index contributed by atoms with van der Waals surface area (Å²) in [5.74, 6) is 0.767. The van der Waals surface area contributed by atoms with Crippen LogP contribution in [0.5, 0.6) is 0 Å². The number of carbonyl (C=O) groups excluding carboxylic acids is 1. The minimum Gasteiger partial charge on any atom is -0.436 e. The third kappa shape index (κ3) is 3.78. The number of aldehydes is 1. The quantitative estimate of drug-likeness (QED) is 0.612. The van der Waals surface area contributed by atoms with E-state index in [0.29, 0.717) is 12.0 Å². The van der Waals surface area contributed by atoms with E-state index in [0.717, 1.165) is 5.69 Å². The average molecular weight is 255 g/mol. The van der Waals surface area contributed by atoms with Gasteiger partial charge in [0.05, 0.1) is 5.69 Å². The van der Waals surface area contributed by atoms with E-state index in [1.807, 2.05) is 20.8 Å². The van der Waals surface area contributed by atoms with Crippen molar-refractivity contribution >= 4 is 16.0 Å². The van der Waals surface area contributed by atoms with Crippen LogP contribution < -0.4 is 0 Å². The Morgan fingerprint density at radius 2 is 1.88 bits per heavy atom. The van der Waals surface area contributed by atoms with Gasteiger partial charge in [-0.05, 0) is 25.8 Å². The number of aromatic nitrogens is 1. The third-order valence-corrected chi connectivity index (χ3v) is 4.06. The number of aryl methyl sites for hydroxylation is 1. The van der Waals surface area contributed by atoms with Gasteiger partial charge in [-0.25, -0.2) is 4.98 Å². The smallest absolute Gasteiger partial charge is 0.260 e. The molecule has 0 saturated carbocycles. The van der Waals surface area contributed by atoms with Gasteiger partial charge in [-0.3, -0.25) is 4.79 Å². The Labute approximate surface area is 105 Å². The predicted molar refractivity (Wildman–Crippen MR) is 69.0 cm³/mol. The Morgan fingerprint density at radius 3 is 2.29 bits per heavy atom. The topological polar surface area (TPSA) is 52.3 Å². The van der Waals surface area contributed by atoms with Crippen molar-refractivity contribution in [2.75, 3.05) is 0 Å². The molecule has 5 heteroatoms. The van der Waals surface area contributed by atoms with Crippen molar-refractivity contribution in [1.29, 1.82) is 0 Å². The molecule has 0 aromatic carbocycles. The minimum atomic E-state index is -0.687. The molecule has 1 rings (SSSR count). The molecule has 1 aromatic rings. The van der Waals surface area contributed by atoms with Gasteiger partial charge >= 0.3 is 0 Å². The van der Waals surface area contributed by atoms with Gasteiger partial charge < -0.3 is 8.84 Å². The zero-order valence-electron chi connectivity index (χ0n) is 11.5. The summed E-state index contributed by atoms with van der Waals surface area (Å²) in [5, 5.41) is 0.221. The number of nitrogens with zero attached hydrogens (tertiary/aromatic N) is 1. The summed E-state index contributed by atoms with van der Waals surface area (Å²) in [6.07, 6.45) is 0.619. The molecule has 0 bridgehead atoms. The van der Waals surface area contributed by atoms with E-state index in [-0.39, 0.29) is 10.9 Å². The summed E-state index contributed by atoms with van der Waals surface area (Å²) >= 11 is 0. The van der Waals surface area contributed by atoms with Crippen LogP contribution in [-0.4, -0.2) is 21.0 Å². The van der Waals surface area contributed by atoms with Crippen molar-refractivity contribution in [3.05, 3.63) is 17.3 Å². The van der Waals surface area contributed by atoms with Gasteiger partial charge in [-0.1, -0.05) is 20.8 Å². The van der Waals surface area contributed by atoms with Crippen molar-refractivity contribution in [3.63, 3.8) is 0 Å². The fraction of sp³-hybridized carbons (Fsp3) is 0.667. The van der Waals surface area contributed by atoms with Gasteiger partial charge in [0.25, 0.3) is 5.89 Å². The molecule has 17 heavy (non-hydrogen) atoms. The van der Waals surface area contributed by atoms with Crippen LogP contribution in [0, 0.1) is 6.92 Å². The van der Waals surface area contributed by atoms with E-state index in [1.54, 1.807) is 0 Å². The largest absolute Gasteiger partial charge is 0.436 e. The maximum absolute atomic E-state index is 10.6. The molecule has 0 spiro atoms. The molecule has 0 fully saturated rings. The normalized spacial score (nSPS) is 13.5. The number of rotatable bonds is 4. The van der Waals surface area contributed by atoms with Crippen LogP contribution in [0.4, 0.5) is 0 Å². The van der Waals surface area contributed by atoms with Crippen molar-refractivity contribution < 1.29 is 13.6 Å². The molecule has 0 radical (unpaired) electrons. The first-order valence-corrected chi connectivity index (χ1v) is 7.01. The molecule has 0 aliphatic rings. The van der Waals surface area contributed by atoms with E-state index in [1.165, 1.54) is 0 Å². The highest BCUT2D eigenvalue weighted by molar-refractivity contribution is 6.31. The molecule has 4 nitrogen and oxygen atoms in total. The van der Waals surface area contributed by atoms with Crippen LogP contribution in [0.15, 0.2) is 4.42 Å². The highest BCUT2D eigenvalue weighted by Gasteiger charge is 2.30. The van der Waals surface area contributed by atoms with Crippen LogP contribution in [0.3, 0.4) is 0 Å². The van der Waals surface area contributed by atoms with Crippen LogP contribution >= 0.6 is 0 Å². The van der Waals surface area contributed by atoms with E-state index in [2.05, 4.69) is 25.8 Å². The van der Waals surface area contributed by atoms with Crippen molar-refractivity contribution in [3.8, 4) is 0 Å². The maximum atomic E-state index is 10.6. The summed E-state index contributed by atoms with van der Waals surface area (Å²) in [4.78, 5) is 14.7. The Hall–Kier alpha value is -0.943. The molecule has 96 valence electrons. The summed E-state index contributed by atoms with van der Waals surface area (Å²) in [7, 11) is -0.687. The van der Waals surface area contributed by atoms with Gasteiger partial charge in [0.1, 0.15) is 5.60 Å². The Bertz CT molecular complexity index is 404. The van der Waals surface area contributed by atoms with E-state index < -0.39 is 15.4 Å². The summed E-state index contributed by atoms with van der Waals surface area (Å²) < 4.78 is 11.4. The second-order valence-corrected chi connectivity index (χ2v) is 8.64. The highest BCUT2D eigenvalue weighted by Crippen LogP contribution is 2.31. The predicted octanol–water partition coefficient (Wildman–Crippen LogP) is 2.35. The van der Waals surface area contributed by atoms with E-state index in [9.17, 15) is 4.79 Å². The molecule has 0 aliphatic heterocycles. The van der Waals surface area contributed by atoms with Crippen molar-refractivity contribution in [1.82, 2.24) is 4.98 Å². The van der Waals surface area contributed by atoms with Crippen LogP contribution in [0.25, 0.3) is 0 Å². The lowest BCUT2D eigenvalue weighted by molar-refractivity contribution is 0.0796. The average Bonchev–Trinajstić information content (AvgIpc) is 2.57.